The molecule has 0 bridgehead atoms. The van der Waals surface area contributed by atoms with E-state index in [1.54, 1.807) is 0 Å². The van der Waals surface area contributed by atoms with Crippen molar-refractivity contribution in [1.29, 1.82) is 0 Å². The summed E-state index contributed by atoms with van der Waals surface area (Å²) in [5.41, 5.74) is 10.9. The van der Waals surface area contributed by atoms with E-state index >= 15 is 0 Å². The Balaban J connectivity index is 1.58. The smallest absolute Gasteiger partial charge is 0.0406 e. The highest BCUT2D eigenvalue weighted by atomic mass is 35.5. The molecule has 3 heteroatoms. The van der Waals surface area contributed by atoms with Crippen LogP contribution in [-0.2, 0) is 13.0 Å². The Labute approximate surface area is 154 Å². The largest absolute Gasteiger partial charge is 0.329 e. The van der Waals surface area contributed by atoms with Gasteiger partial charge in [0, 0.05) is 24.2 Å². The van der Waals surface area contributed by atoms with Crippen molar-refractivity contribution in [2.75, 3.05) is 6.54 Å². The lowest BCUT2D eigenvalue weighted by atomic mass is 10.0. The summed E-state index contributed by atoms with van der Waals surface area (Å²) in [6.07, 6.45) is 0.916. The van der Waals surface area contributed by atoms with Crippen molar-refractivity contribution in [2.45, 2.75) is 19.0 Å². The van der Waals surface area contributed by atoms with Gasteiger partial charge in [0.15, 0.2) is 0 Å². The Morgan fingerprint density at radius 2 is 1.36 bits per heavy atom. The van der Waals surface area contributed by atoms with Gasteiger partial charge in [-0.15, -0.1) is 0 Å². The van der Waals surface area contributed by atoms with Crippen molar-refractivity contribution in [3.63, 3.8) is 0 Å². The topological polar surface area (TPSA) is 38.0 Å². The van der Waals surface area contributed by atoms with Gasteiger partial charge in [-0.05, 0) is 40.8 Å². The lowest BCUT2D eigenvalue weighted by molar-refractivity contribution is 0.515. The molecule has 0 aliphatic carbocycles. The molecule has 3 aromatic carbocycles. The zero-order valence-corrected chi connectivity index (χ0v) is 14.9. The summed E-state index contributed by atoms with van der Waals surface area (Å²) in [7, 11) is 0. The van der Waals surface area contributed by atoms with E-state index in [-0.39, 0.29) is 6.04 Å². The fourth-order valence-electron chi connectivity index (χ4n) is 2.85. The average Bonchev–Trinajstić information content (AvgIpc) is 2.67. The van der Waals surface area contributed by atoms with Gasteiger partial charge in [0.2, 0.25) is 0 Å². The van der Waals surface area contributed by atoms with E-state index in [1.165, 1.54) is 22.3 Å². The van der Waals surface area contributed by atoms with Crippen molar-refractivity contribution >= 4 is 11.6 Å². The van der Waals surface area contributed by atoms with Crippen LogP contribution in [0.5, 0.6) is 0 Å². The van der Waals surface area contributed by atoms with E-state index in [0.29, 0.717) is 6.54 Å². The quantitative estimate of drug-likeness (QED) is 0.650. The Morgan fingerprint density at radius 1 is 0.760 bits per heavy atom. The Bertz CT molecular complexity index is 767. The molecule has 3 aromatic rings. The van der Waals surface area contributed by atoms with E-state index in [0.717, 1.165) is 18.0 Å². The average molecular weight is 351 g/mol. The molecule has 3 rings (SSSR count). The SMILES string of the molecule is NCC(Cc1ccc(-c2ccccc2)cc1)NCc1ccc(Cl)cc1. The highest BCUT2D eigenvalue weighted by Gasteiger charge is 2.08. The fourth-order valence-corrected chi connectivity index (χ4v) is 2.98. The second kappa shape index (κ2) is 8.82. The van der Waals surface area contributed by atoms with Crippen molar-refractivity contribution < 1.29 is 0 Å². The molecule has 2 nitrogen and oxygen atoms in total. The van der Waals surface area contributed by atoms with Crippen molar-refractivity contribution in [2.24, 2.45) is 5.73 Å². The zero-order chi connectivity index (χ0) is 17.5. The van der Waals surface area contributed by atoms with Crippen LogP contribution in [0.3, 0.4) is 0 Å². The summed E-state index contributed by atoms with van der Waals surface area (Å²) < 4.78 is 0. The molecule has 25 heavy (non-hydrogen) atoms. The molecule has 0 amide bonds. The molecule has 0 saturated heterocycles. The molecule has 0 fully saturated rings. The van der Waals surface area contributed by atoms with Crippen LogP contribution in [0.1, 0.15) is 11.1 Å². The van der Waals surface area contributed by atoms with Gasteiger partial charge >= 0.3 is 0 Å². The van der Waals surface area contributed by atoms with Crippen LogP contribution in [0.2, 0.25) is 5.02 Å². The Kier molecular flexibility index (Phi) is 6.24. The van der Waals surface area contributed by atoms with Gasteiger partial charge < -0.3 is 11.1 Å². The number of halogens is 1. The minimum absolute atomic E-state index is 0.248. The number of nitrogens with two attached hydrogens (primary N) is 1. The molecular weight excluding hydrogens is 328 g/mol. The van der Waals surface area contributed by atoms with E-state index in [4.69, 9.17) is 17.3 Å². The monoisotopic (exact) mass is 350 g/mol. The lowest BCUT2D eigenvalue weighted by Gasteiger charge is -2.17. The normalized spacial score (nSPS) is 12.1. The third-order valence-corrected chi connectivity index (χ3v) is 4.59. The first-order valence-corrected chi connectivity index (χ1v) is 8.94. The van der Waals surface area contributed by atoms with Gasteiger partial charge in [0.05, 0.1) is 0 Å². The molecule has 0 aliphatic rings. The van der Waals surface area contributed by atoms with E-state index < -0.39 is 0 Å². The van der Waals surface area contributed by atoms with Gasteiger partial charge in [0.1, 0.15) is 0 Å². The van der Waals surface area contributed by atoms with Crippen LogP contribution in [0.25, 0.3) is 11.1 Å². The summed E-state index contributed by atoms with van der Waals surface area (Å²) in [4.78, 5) is 0. The number of hydrogen-bond acceptors (Lipinski definition) is 2. The first-order valence-electron chi connectivity index (χ1n) is 8.57. The predicted octanol–water partition coefficient (Wildman–Crippen LogP) is 4.67. The van der Waals surface area contributed by atoms with Crippen LogP contribution in [0.4, 0.5) is 0 Å². The molecule has 1 atom stereocenters. The highest BCUT2D eigenvalue weighted by molar-refractivity contribution is 6.30. The van der Waals surface area contributed by atoms with Gasteiger partial charge in [-0.2, -0.15) is 0 Å². The molecule has 0 radical (unpaired) electrons. The van der Waals surface area contributed by atoms with E-state index in [2.05, 4.69) is 53.8 Å². The molecule has 0 aliphatic heterocycles. The summed E-state index contributed by atoms with van der Waals surface area (Å²) in [5.74, 6) is 0. The minimum atomic E-state index is 0.248. The van der Waals surface area contributed by atoms with Crippen LogP contribution in [-0.4, -0.2) is 12.6 Å². The Hall–Kier alpha value is -2.13. The van der Waals surface area contributed by atoms with Gasteiger partial charge in [-0.25, -0.2) is 0 Å². The third-order valence-electron chi connectivity index (χ3n) is 4.34. The zero-order valence-electron chi connectivity index (χ0n) is 14.2. The number of rotatable bonds is 7. The second-order valence-electron chi connectivity index (χ2n) is 6.21. The molecule has 0 saturated carbocycles. The molecule has 0 spiro atoms. The third kappa shape index (κ3) is 5.17. The maximum atomic E-state index is 5.95. The number of benzene rings is 3. The summed E-state index contributed by atoms with van der Waals surface area (Å²) in [6, 6.07) is 27.3. The van der Waals surface area contributed by atoms with Crippen LogP contribution in [0.15, 0.2) is 78.9 Å². The second-order valence-corrected chi connectivity index (χ2v) is 6.64. The summed E-state index contributed by atoms with van der Waals surface area (Å²) in [6.45, 7) is 1.40. The van der Waals surface area contributed by atoms with Crippen LogP contribution >= 0.6 is 11.6 Å². The lowest BCUT2D eigenvalue weighted by Crippen LogP contribution is -2.37. The predicted molar refractivity (Wildman–Crippen MR) is 107 cm³/mol. The van der Waals surface area contributed by atoms with Crippen molar-refractivity contribution in [3.8, 4) is 11.1 Å². The maximum absolute atomic E-state index is 5.95. The highest BCUT2D eigenvalue weighted by Crippen LogP contribution is 2.19. The van der Waals surface area contributed by atoms with Crippen LogP contribution < -0.4 is 11.1 Å². The van der Waals surface area contributed by atoms with Crippen molar-refractivity contribution in [3.05, 3.63) is 95.0 Å². The first kappa shape index (κ1) is 17.7. The fraction of sp³-hybridized carbons (Fsp3) is 0.182. The Morgan fingerprint density at radius 3 is 2.00 bits per heavy atom. The van der Waals surface area contributed by atoms with E-state index in [9.17, 15) is 0 Å². The van der Waals surface area contributed by atoms with Gasteiger partial charge in [0.25, 0.3) is 0 Å². The molecule has 3 N–H and O–H groups in total. The molecule has 0 aromatic heterocycles. The van der Waals surface area contributed by atoms with E-state index in [1.807, 2.05) is 30.3 Å². The number of hydrogen-bond donors (Lipinski definition) is 2. The summed E-state index contributed by atoms with van der Waals surface area (Å²) in [5, 5.41) is 4.29. The maximum Gasteiger partial charge on any atom is 0.0406 e. The van der Waals surface area contributed by atoms with Gasteiger partial charge in [-0.1, -0.05) is 78.3 Å². The molecule has 1 unspecified atom stereocenters. The molecule has 128 valence electrons. The van der Waals surface area contributed by atoms with Crippen molar-refractivity contribution in [1.82, 2.24) is 5.32 Å². The van der Waals surface area contributed by atoms with Crippen LogP contribution in [0, 0.1) is 0 Å². The minimum Gasteiger partial charge on any atom is -0.329 e. The number of nitrogens with one attached hydrogen (secondary N) is 1. The molecular formula is C22H23ClN2. The standard InChI is InChI=1S/C22H23ClN2/c23-21-12-8-18(9-13-21)16-25-22(15-24)14-17-6-10-20(11-7-17)19-4-2-1-3-5-19/h1-13,22,25H,14-16,24H2. The molecule has 0 heterocycles. The first-order chi connectivity index (χ1) is 12.2. The van der Waals surface area contributed by atoms with Gasteiger partial charge in [-0.3, -0.25) is 0 Å². The summed E-state index contributed by atoms with van der Waals surface area (Å²) >= 11 is 5.93.